The van der Waals surface area contributed by atoms with Crippen molar-refractivity contribution in [3.05, 3.63) is 28.8 Å². The van der Waals surface area contributed by atoms with Crippen molar-refractivity contribution >= 4 is 17.6 Å². The summed E-state index contributed by atoms with van der Waals surface area (Å²) in [5.41, 5.74) is 8.41. The molecule has 21 heavy (non-hydrogen) atoms. The Morgan fingerprint density at radius 2 is 1.81 bits per heavy atom. The number of nitrogen functional groups attached to an aromatic ring is 1. The summed E-state index contributed by atoms with van der Waals surface area (Å²) in [6.07, 6.45) is 0. The Kier molecular flexibility index (Phi) is 5.76. The fourth-order valence-corrected chi connectivity index (χ4v) is 1.76. The molecule has 3 N–H and O–H groups in total. The number of aryl methyl sites for hydroxylation is 2. The van der Waals surface area contributed by atoms with Gasteiger partial charge in [0.2, 0.25) is 0 Å². The largest absolute Gasteiger partial charge is 0.452 e. The van der Waals surface area contributed by atoms with Crippen LogP contribution in [-0.2, 0) is 9.53 Å². The topological polar surface area (TPSA) is 81.4 Å². The zero-order valence-corrected chi connectivity index (χ0v) is 13.3. The minimum Gasteiger partial charge on any atom is -0.452 e. The summed E-state index contributed by atoms with van der Waals surface area (Å²) < 4.78 is 5.04. The average molecular weight is 292 g/mol. The van der Waals surface area contributed by atoms with Gasteiger partial charge in [0.05, 0.1) is 5.56 Å². The molecule has 1 atom stereocenters. The highest BCUT2D eigenvalue weighted by atomic mass is 16.5. The average Bonchev–Trinajstić information content (AvgIpc) is 2.40. The van der Waals surface area contributed by atoms with Crippen LogP contribution in [0, 0.1) is 19.8 Å². The lowest BCUT2D eigenvalue weighted by molar-refractivity contribution is -0.125. The van der Waals surface area contributed by atoms with Crippen LogP contribution in [0.1, 0.15) is 42.3 Å². The fraction of sp³-hybridized carbons (Fsp3) is 0.500. The van der Waals surface area contributed by atoms with Gasteiger partial charge in [-0.05, 0) is 43.9 Å². The minimum absolute atomic E-state index is 0.0351. The van der Waals surface area contributed by atoms with Crippen molar-refractivity contribution in [2.45, 2.75) is 40.7 Å². The summed E-state index contributed by atoms with van der Waals surface area (Å²) in [6, 6.07) is 3.45. The molecule has 0 aromatic heterocycles. The van der Waals surface area contributed by atoms with Crippen LogP contribution < -0.4 is 11.1 Å². The molecule has 1 amide bonds. The highest BCUT2D eigenvalue weighted by Gasteiger charge is 2.16. The van der Waals surface area contributed by atoms with E-state index in [1.807, 2.05) is 40.7 Å². The van der Waals surface area contributed by atoms with Crippen LogP contribution in [0.3, 0.4) is 0 Å². The van der Waals surface area contributed by atoms with Gasteiger partial charge in [-0.2, -0.15) is 0 Å². The molecule has 1 unspecified atom stereocenters. The molecule has 1 aromatic carbocycles. The van der Waals surface area contributed by atoms with E-state index in [4.69, 9.17) is 10.5 Å². The van der Waals surface area contributed by atoms with Crippen LogP contribution in [0.5, 0.6) is 0 Å². The lowest BCUT2D eigenvalue weighted by atomic mass is 10.0. The van der Waals surface area contributed by atoms with E-state index in [1.54, 1.807) is 6.07 Å². The molecule has 5 heteroatoms. The van der Waals surface area contributed by atoms with E-state index in [1.165, 1.54) is 0 Å². The highest BCUT2D eigenvalue weighted by Crippen LogP contribution is 2.18. The Morgan fingerprint density at radius 1 is 1.19 bits per heavy atom. The molecule has 0 saturated heterocycles. The maximum absolute atomic E-state index is 12.0. The third-order valence-electron chi connectivity index (χ3n) is 3.56. The number of amides is 1. The summed E-state index contributed by atoms with van der Waals surface area (Å²) in [7, 11) is 0. The number of carbonyl (C=O) groups excluding carboxylic acids is 2. The Bertz CT molecular complexity index is 539. The second-order valence-electron chi connectivity index (χ2n) is 5.70. The van der Waals surface area contributed by atoms with Crippen molar-refractivity contribution in [2.75, 3.05) is 12.3 Å². The number of anilines is 1. The van der Waals surface area contributed by atoms with Crippen molar-refractivity contribution in [1.29, 1.82) is 0 Å². The smallest absolute Gasteiger partial charge is 0.338 e. The van der Waals surface area contributed by atoms with Gasteiger partial charge in [-0.3, -0.25) is 4.79 Å². The SMILES string of the molecule is Cc1cc(C)c(C(=O)OCC(=O)NC(C)C(C)C)cc1N. The summed E-state index contributed by atoms with van der Waals surface area (Å²) in [5.74, 6) is -0.516. The molecule has 0 aliphatic carbocycles. The zero-order chi connectivity index (χ0) is 16.2. The lowest BCUT2D eigenvalue weighted by Crippen LogP contribution is -2.38. The highest BCUT2D eigenvalue weighted by molar-refractivity contribution is 5.93. The summed E-state index contributed by atoms with van der Waals surface area (Å²) in [5, 5.41) is 2.78. The second-order valence-corrected chi connectivity index (χ2v) is 5.70. The molecule has 116 valence electrons. The predicted molar refractivity (Wildman–Crippen MR) is 83.1 cm³/mol. The predicted octanol–water partition coefficient (Wildman–Crippen LogP) is 2.20. The number of nitrogens with two attached hydrogens (primary N) is 1. The molecule has 0 saturated carbocycles. The first-order chi connectivity index (χ1) is 9.72. The Morgan fingerprint density at radius 3 is 2.38 bits per heavy atom. The van der Waals surface area contributed by atoms with Crippen molar-refractivity contribution in [1.82, 2.24) is 5.32 Å². The van der Waals surface area contributed by atoms with Gasteiger partial charge >= 0.3 is 5.97 Å². The van der Waals surface area contributed by atoms with Crippen LogP contribution in [0.4, 0.5) is 5.69 Å². The van der Waals surface area contributed by atoms with Crippen molar-refractivity contribution in [3.63, 3.8) is 0 Å². The summed E-state index contributed by atoms with van der Waals surface area (Å²) >= 11 is 0. The molecular weight excluding hydrogens is 268 g/mol. The maximum atomic E-state index is 12.0. The molecule has 0 heterocycles. The molecule has 0 aliphatic rings. The summed E-state index contributed by atoms with van der Waals surface area (Å²) in [6.45, 7) is 9.32. The molecule has 0 radical (unpaired) electrons. The molecule has 0 fully saturated rings. The first-order valence-electron chi connectivity index (χ1n) is 7.05. The van der Waals surface area contributed by atoms with Gasteiger partial charge in [-0.15, -0.1) is 0 Å². The molecule has 0 aliphatic heterocycles. The molecule has 0 bridgehead atoms. The van der Waals surface area contributed by atoms with E-state index in [0.717, 1.165) is 11.1 Å². The first kappa shape index (κ1) is 17.0. The first-order valence-corrected chi connectivity index (χ1v) is 7.05. The quantitative estimate of drug-likeness (QED) is 0.644. The standard InChI is InChI=1S/C16H24N2O3/c1-9(2)12(5)18-15(19)8-21-16(20)13-7-14(17)11(4)6-10(13)3/h6-7,9,12H,8,17H2,1-5H3,(H,18,19). The minimum atomic E-state index is -0.536. The van der Waals surface area contributed by atoms with E-state index < -0.39 is 5.97 Å². The van der Waals surface area contributed by atoms with Crippen LogP contribution in [-0.4, -0.2) is 24.5 Å². The van der Waals surface area contributed by atoms with Gasteiger partial charge in [0.15, 0.2) is 6.61 Å². The van der Waals surface area contributed by atoms with E-state index in [2.05, 4.69) is 5.32 Å². The molecule has 5 nitrogen and oxygen atoms in total. The Balaban J connectivity index is 2.62. The van der Waals surface area contributed by atoms with Gasteiger partial charge < -0.3 is 15.8 Å². The van der Waals surface area contributed by atoms with E-state index in [9.17, 15) is 9.59 Å². The number of benzene rings is 1. The van der Waals surface area contributed by atoms with Gasteiger partial charge in [0, 0.05) is 11.7 Å². The molecule has 0 spiro atoms. The van der Waals surface area contributed by atoms with Crippen molar-refractivity contribution in [2.24, 2.45) is 5.92 Å². The molecular formula is C16H24N2O3. The second kappa shape index (κ2) is 7.11. The number of carbonyl (C=O) groups is 2. The number of hydrogen-bond donors (Lipinski definition) is 2. The number of esters is 1. The molecule has 1 rings (SSSR count). The van der Waals surface area contributed by atoms with Gasteiger partial charge in [-0.25, -0.2) is 4.79 Å². The maximum Gasteiger partial charge on any atom is 0.338 e. The van der Waals surface area contributed by atoms with Crippen LogP contribution in [0.2, 0.25) is 0 Å². The summed E-state index contributed by atoms with van der Waals surface area (Å²) in [4.78, 5) is 23.7. The van der Waals surface area contributed by atoms with E-state index >= 15 is 0 Å². The third kappa shape index (κ3) is 4.77. The number of nitrogens with one attached hydrogen (secondary N) is 1. The monoisotopic (exact) mass is 292 g/mol. The van der Waals surface area contributed by atoms with Gasteiger partial charge in [0.25, 0.3) is 5.91 Å². The van der Waals surface area contributed by atoms with E-state index in [-0.39, 0.29) is 18.6 Å². The number of ether oxygens (including phenoxy) is 1. The van der Waals surface area contributed by atoms with Crippen molar-refractivity contribution in [3.8, 4) is 0 Å². The van der Waals surface area contributed by atoms with Gasteiger partial charge in [0.1, 0.15) is 0 Å². The lowest BCUT2D eigenvalue weighted by Gasteiger charge is -2.17. The molecule has 1 aromatic rings. The third-order valence-corrected chi connectivity index (χ3v) is 3.56. The van der Waals surface area contributed by atoms with Crippen LogP contribution in [0.25, 0.3) is 0 Å². The van der Waals surface area contributed by atoms with Crippen LogP contribution >= 0.6 is 0 Å². The Hall–Kier alpha value is -2.04. The van der Waals surface area contributed by atoms with Crippen molar-refractivity contribution < 1.29 is 14.3 Å². The fourth-order valence-electron chi connectivity index (χ4n) is 1.76. The van der Waals surface area contributed by atoms with Crippen LogP contribution in [0.15, 0.2) is 12.1 Å². The van der Waals surface area contributed by atoms with Gasteiger partial charge in [-0.1, -0.05) is 19.9 Å². The number of rotatable bonds is 5. The Labute approximate surface area is 125 Å². The zero-order valence-electron chi connectivity index (χ0n) is 13.3. The number of hydrogen-bond acceptors (Lipinski definition) is 4. The normalized spacial score (nSPS) is 12.1. The van der Waals surface area contributed by atoms with E-state index in [0.29, 0.717) is 17.2 Å².